The Morgan fingerprint density at radius 3 is 2.00 bits per heavy atom. The fourth-order valence-electron chi connectivity index (χ4n) is 5.16. The SMILES string of the molecule is CCN(CC)c1ccc(N=C2C(C(C)(C)C)=Nn3nc(-c4ccc(NC(=O)c5cc(S(=O)(=O)O)cc(S(=O)(=O)O)c5)cc4)nc32)c(C(F)(F)F)c1. The predicted molar refractivity (Wildman–Crippen MR) is 183 cm³/mol. The van der Waals surface area contributed by atoms with Crippen molar-refractivity contribution in [2.75, 3.05) is 23.3 Å². The Kier molecular flexibility index (Phi) is 9.71. The highest BCUT2D eigenvalue weighted by atomic mass is 32.2. The summed E-state index contributed by atoms with van der Waals surface area (Å²) >= 11 is 0. The first kappa shape index (κ1) is 37.3. The van der Waals surface area contributed by atoms with Gasteiger partial charge in [-0.15, -0.1) is 9.89 Å². The van der Waals surface area contributed by atoms with Gasteiger partial charge in [0, 0.05) is 41.0 Å². The second-order valence-corrected chi connectivity index (χ2v) is 15.2. The maximum absolute atomic E-state index is 14.3. The van der Waals surface area contributed by atoms with Crippen molar-refractivity contribution in [3.05, 3.63) is 77.6 Å². The van der Waals surface area contributed by atoms with Crippen molar-refractivity contribution < 1.29 is 43.9 Å². The van der Waals surface area contributed by atoms with Gasteiger partial charge in [-0.1, -0.05) is 20.8 Å². The summed E-state index contributed by atoms with van der Waals surface area (Å²) < 4.78 is 108. The van der Waals surface area contributed by atoms with E-state index in [4.69, 9.17) is 0 Å². The van der Waals surface area contributed by atoms with Crippen LogP contribution >= 0.6 is 0 Å². The summed E-state index contributed by atoms with van der Waals surface area (Å²) in [5, 5.41) is 11.4. The molecule has 0 bridgehead atoms. The highest BCUT2D eigenvalue weighted by molar-refractivity contribution is 7.86. The van der Waals surface area contributed by atoms with Gasteiger partial charge in [0.2, 0.25) is 5.82 Å². The van der Waals surface area contributed by atoms with Crippen LogP contribution in [0.3, 0.4) is 0 Å². The molecule has 19 heteroatoms. The summed E-state index contributed by atoms with van der Waals surface area (Å²) in [6.45, 7) is 10.2. The highest BCUT2D eigenvalue weighted by Gasteiger charge is 2.38. The average molecular weight is 748 g/mol. The van der Waals surface area contributed by atoms with Gasteiger partial charge in [0.25, 0.3) is 26.1 Å². The molecule has 4 aromatic rings. The number of aromatic nitrogens is 3. The number of amides is 1. The molecule has 1 aliphatic heterocycles. The van der Waals surface area contributed by atoms with Crippen molar-refractivity contribution in [1.29, 1.82) is 0 Å². The van der Waals surface area contributed by atoms with E-state index in [9.17, 15) is 43.9 Å². The van der Waals surface area contributed by atoms with E-state index >= 15 is 0 Å². The van der Waals surface area contributed by atoms with Crippen molar-refractivity contribution in [3.63, 3.8) is 0 Å². The molecule has 2 heterocycles. The summed E-state index contributed by atoms with van der Waals surface area (Å²) in [6.07, 6.45) is -4.70. The third-order valence-corrected chi connectivity index (χ3v) is 9.38. The quantitative estimate of drug-likeness (QED) is 0.172. The molecule has 1 aromatic heterocycles. The van der Waals surface area contributed by atoms with Crippen molar-refractivity contribution in [3.8, 4) is 11.4 Å². The molecule has 3 aromatic carbocycles. The van der Waals surface area contributed by atoms with Gasteiger partial charge < -0.3 is 10.2 Å². The molecule has 0 fully saturated rings. The molecule has 0 unspecified atom stereocenters. The molecule has 1 amide bonds. The maximum Gasteiger partial charge on any atom is 0.418 e. The lowest BCUT2D eigenvalue weighted by Gasteiger charge is -2.23. The number of alkyl halides is 3. The molecular weight excluding hydrogens is 716 g/mol. The third kappa shape index (κ3) is 8.01. The van der Waals surface area contributed by atoms with Gasteiger partial charge in [-0.2, -0.15) is 35.1 Å². The standard InChI is InChI=1S/C32H32F3N7O7S2/c1-6-41(7-2)21-12-13-25(24(16-21)32(33,34)35)37-26-27(31(3,4)5)39-42-29(26)38-28(40-42)18-8-10-20(11-9-18)36-30(43)19-14-22(50(44,45)46)17-23(15-19)51(47,48)49/h8-17H,6-7H2,1-5H3,(H,36,43)(H,44,45,46)(H,47,48,49). The van der Waals surface area contributed by atoms with Gasteiger partial charge in [-0.3, -0.25) is 13.9 Å². The number of carbonyl (C=O) groups is 1. The Morgan fingerprint density at radius 1 is 0.902 bits per heavy atom. The Labute approximate surface area is 291 Å². The van der Waals surface area contributed by atoms with E-state index in [0.717, 1.165) is 18.2 Å². The summed E-state index contributed by atoms with van der Waals surface area (Å²) in [5.74, 6) is -0.717. The first-order valence-corrected chi connectivity index (χ1v) is 18.1. The van der Waals surface area contributed by atoms with Crippen molar-refractivity contribution in [2.24, 2.45) is 15.5 Å². The summed E-state index contributed by atoms with van der Waals surface area (Å²) in [6, 6.07) is 11.8. The minimum Gasteiger partial charge on any atom is -0.372 e. The van der Waals surface area contributed by atoms with Crippen LogP contribution in [0, 0.1) is 5.41 Å². The molecule has 0 aliphatic carbocycles. The van der Waals surface area contributed by atoms with Gasteiger partial charge in [-0.05, 0) is 74.5 Å². The Morgan fingerprint density at radius 2 is 1.49 bits per heavy atom. The lowest BCUT2D eigenvalue weighted by Crippen LogP contribution is -2.27. The number of hydrogen-bond acceptors (Lipinski definition) is 10. The number of rotatable bonds is 9. The fraction of sp³-hybridized carbons (Fsp3) is 0.281. The highest BCUT2D eigenvalue weighted by Crippen LogP contribution is 2.40. The van der Waals surface area contributed by atoms with Crippen LogP contribution < -0.4 is 10.2 Å². The Hall–Kier alpha value is -4.98. The first-order valence-electron chi connectivity index (χ1n) is 15.2. The molecule has 5 rings (SSSR count). The molecule has 0 saturated heterocycles. The molecule has 270 valence electrons. The number of nitrogens with one attached hydrogen (secondary N) is 1. The molecule has 0 saturated carbocycles. The van der Waals surface area contributed by atoms with Gasteiger partial charge in [0.1, 0.15) is 5.71 Å². The van der Waals surface area contributed by atoms with E-state index in [1.165, 1.54) is 35.1 Å². The van der Waals surface area contributed by atoms with E-state index in [1.54, 1.807) is 11.0 Å². The van der Waals surface area contributed by atoms with Crippen molar-refractivity contribution >= 4 is 54.6 Å². The van der Waals surface area contributed by atoms with Gasteiger partial charge in [0.15, 0.2) is 5.82 Å². The number of fused-ring (bicyclic) bond motifs is 1. The molecule has 3 N–H and O–H groups in total. The van der Waals surface area contributed by atoms with E-state index in [1.807, 2.05) is 34.6 Å². The number of aliphatic imine (C=N–C) groups is 1. The van der Waals surface area contributed by atoms with Gasteiger partial charge >= 0.3 is 6.18 Å². The maximum atomic E-state index is 14.3. The minimum absolute atomic E-state index is 0.113. The molecule has 0 radical (unpaired) electrons. The normalized spacial score (nSPS) is 14.4. The van der Waals surface area contributed by atoms with E-state index in [-0.39, 0.29) is 28.7 Å². The number of anilines is 2. The van der Waals surface area contributed by atoms with Crippen molar-refractivity contribution in [1.82, 2.24) is 14.9 Å². The van der Waals surface area contributed by atoms with Crippen LogP contribution in [0.4, 0.5) is 30.2 Å². The molecule has 1 aliphatic rings. The molecule has 0 atom stereocenters. The number of halogens is 3. The van der Waals surface area contributed by atoms with E-state index in [2.05, 4.69) is 25.5 Å². The van der Waals surface area contributed by atoms with Crippen LogP contribution in [0.2, 0.25) is 0 Å². The second-order valence-electron chi connectivity index (χ2n) is 12.4. The second kappa shape index (κ2) is 13.3. The van der Waals surface area contributed by atoms with Crippen LogP contribution in [0.15, 0.2) is 80.5 Å². The zero-order chi connectivity index (χ0) is 37.7. The fourth-order valence-corrected chi connectivity index (χ4v) is 6.34. The van der Waals surface area contributed by atoms with Gasteiger partial charge in [0.05, 0.1) is 26.8 Å². The van der Waals surface area contributed by atoms with Crippen LogP contribution in [0.5, 0.6) is 0 Å². The minimum atomic E-state index is -4.94. The van der Waals surface area contributed by atoms with Crippen LogP contribution in [-0.4, -0.2) is 71.2 Å². The van der Waals surface area contributed by atoms with E-state index < -0.39 is 58.7 Å². The summed E-state index contributed by atoms with van der Waals surface area (Å²) in [5.41, 5.74) is -0.883. The summed E-state index contributed by atoms with van der Waals surface area (Å²) in [4.78, 5) is 23.0. The smallest absolute Gasteiger partial charge is 0.372 e. The predicted octanol–water partition coefficient (Wildman–Crippen LogP) is 5.94. The zero-order valence-corrected chi connectivity index (χ0v) is 29.4. The molecular formula is C32H32F3N7O7S2. The lowest BCUT2D eigenvalue weighted by molar-refractivity contribution is -0.137. The number of benzene rings is 3. The van der Waals surface area contributed by atoms with Crippen LogP contribution in [-0.2, 0) is 26.4 Å². The molecule has 51 heavy (non-hydrogen) atoms. The number of carbonyl (C=O) groups excluding carboxylic acids is 1. The Balaban J connectivity index is 1.48. The van der Waals surface area contributed by atoms with Crippen LogP contribution in [0.1, 0.15) is 56.4 Å². The Bertz CT molecular complexity index is 2260. The molecule has 14 nitrogen and oxygen atoms in total. The van der Waals surface area contributed by atoms with Crippen molar-refractivity contribution in [2.45, 2.75) is 50.6 Å². The number of hydrogen-bond donors (Lipinski definition) is 3. The van der Waals surface area contributed by atoms with E-state index in [0.29, 0.717) is 36.1 Å². The first-order chi connectivity index (χ1) is 23.6. The lowest BCUT2D eigenvalue weighted by atomic mass is 9.87. The number of nitrogens with zero attached hydrogens (tertiary/aromatic N) is 6. The van der Waals surface area contributed by atoms with Gasteiger partial charge in [-0.25, -0.2) is 9.98 Å². The van der Waals surface area contributed by atoms with Crippen LogP contribution in [0.25, 0.3) is 11.4 Å². The summed E-state index contributed by atoms with van der Waals surface area (Å²) in [7, 11) is -9.88. The molecule has 0 spiro atoms. The average Bonchev–Trinajstić information content (AvgIpc) is 3.60. The topological polar surface area (TPSA) is 197 Å². The monoisotopic (exact) mass is 747 g/mol. The largest absolute Gasteiger partial charge is 0.418 e. The third-order valence-electron chi connectivity index (χ3n) is 7.72. The zero-order valence-electron chi connectivity index (χ0n) is 27.8.